The first-order chi connectivity index (χ1) is 8.01. The Hall–Kier alpha value is -1.68. The van der Waals surface area contributed by atoms with Gasteiger partial charge in [0.1, 0.15) is 0 Å². The number of aliphatic hydroxyl groups is 1. The Labute approximate surface area is 99.9 Å². The van der Waals surface area contributed by atoms with Gasteiger partial charge in [-0.15, -0.1) is 0 Å². The van der Waals surface area contributed by atoms with Crippen LogP contribution in [-0.2, 0) is 11.2 Å². The van der Waals surface area contributed by atoms with E-state index in [-0.39, 0.29) is 17.8 Å². The molecule has 0 saturated carbocycles. The van der Waals surface area contributed by atoms with E-state index < -0.39 is 12.1 Å². The second kappa shape index (κ2) is 5.59. The number of carboxylic acid groups (broad SMARTS) is 1. The molecular formula is C13H16O4. The maximum atomic E-state index is 11.7. The Bertz CT molecular complexity index is 437. The van der Waals surface area contributed by atoms with Gasteiger partial charge in [-0.25, -0.2) is 4.79 Å². The average molecular weight is 236 g/mol. The van der Waals surface area contributed by atoms with E-state index in [2.05, 4.69) is 0 Å². The van der Waals surface area contributed by atoms with Gasteiger partial charge in [-0.2, -0.15) is 0 Å². The molecule has 1 unspecified atom stereocenters. The summed E-state index contributed by atoms with van der Waals surface area (Å²) in [5.74, 6) is -1.50. The van der Waals surface area contributed by atoms with Crippen molar-refractivity contribution in [3.63, 3.8) is 0 Å². The lowest BCUT2D eigenvalue weighted by molar-refractivity contribution is -0.146. The Morgan fingerprint density at radius 3 is 2.41 bits per heavy atom. The summed E-state index contributed by atoms with van der Waals surface area (Å²) < 4.78 is 0. The molecule has 1 aromatic rings. The molecule has 0 bridgehead atoms. The fourth-order valence-electron chi connectivity index (χ4n) is 1.63. The molecule has 0 aliphatic heterocycles. The van der Waals surface area contributed by atoms with Crippen LogP contribution < -0.4 is 0 Å². The van der Waals surface area contributed by atoms with Crippen molar-refractivity contribution in [1.29, 1.82) is 0 Å². The molecule has 0 spiro atoms. The third-order valence-corrected chi connectivity index (χ3v) is 2.68. The predicted octanol–water partition coefficient (Wildman–Crippen LogP) is 1.96. The van der Waals surface area contributed by atoms with E-state index in [4.69, 9.17) is 5.11 Å². The van der Waals surface area contributed by atoms with Gasteiger partial charge in [0.25, 0.3) is 0 Å². The molecule has 0 radical (unpaired) electrons. The summed E-state index contributed by atoms with van der Waals surface area (Å²) in [6.45, 7) is 3.65. The van der Waals surface area contributed by atoms with E-state index in [1.807, 2.05) is 6.92 Å². The first-order valence-electron chi connectivity index (χ1n) is 5.58. The minimum Gasteiger partial charge on any atom is -0.479 e. The van der Waals surface area contributed by atoms with Gasteiger partial charge < -0.3 is 10.2 Å². The molecule has 1 aromatic carbocycles. The van der Waals surface area contributed by atoms with Crippen LogP contribution in [0.15, 0.2) is 18.2 Å². The number of hydrogen-bond acceptors (Lipinski definition) is 3. The topological polar surface area (TPSA) is 74.6 Å². The van der Waals surface area contributed by atoms with Crippen LogP contribution in [0.3, 0.4) is 0 Å². The molecule has 4 nitrogen and oxygen atoms in total. The lowest BCUT2D eigenvalue weighted by Crippen LogP contribution is -2.15. The minimum atomic E-state index is -1.65. The van der Waals surface area contributed by atoms with Crippen molar-refractivity contribution in [3.05, 3.63) is 34.9 Å². The number of Topliss-reactive ketones (excluding diaryl/α,β-unsaturated/α-hetero) is 1. The van der Waals surface area contributed by atoms with Crippen molar-refractivity contribution in [2.75, 3.05) is 0 Å². The summed E-state index contributed by atoms with van der Waals surface area (Å²) in [6.07, 6.45) is -0.605. The van der Waals surface area contributed by atoms with Crippen LogP contribution in [-0.4, -0.2) is 22.0 Å². The van der Waals surface area contributed by atoms with Crippen molar-refractivity contribution in [2.24, 2.45) is 0 Å². The van der Waals surface area contributed by atoms with Crippen molar-refractivity contribution in [1.82, 2.24) is 0 Å². The predicted molar refractivity (Wildman–Crippen MR) is 63.0 cm³/mol. The lowest BCUT2D eigenvalue weighted by Gasteiger charge is -2.12. The van der Waals surface area contributed by atoms with Gasteiger partial charge in [-0.05, 0) is 18.1 Å². The molecule has 0 amide bonds. The Morgan fingerprint density at radius 2 is 1.94 bits per heavy atom. The zero-order valence-electron chi connectivity index (χ0n) is 9.93. The molecule has 92 valence electrons. The first-order valence-corrected chi connectivity index (χ1v) is 5.58. The fourth-order valence-corrected chi connectivity index (χ4v) is 1.63. The fraction of sp³-hybridized carbons (Fsp3) is 0.385. The molecule has 0 heterocycles. The number of aliphatic carboxylic acids is 1. The van der Waals surface area contributed by atoms with E-state index in [0.29, 0.717) is 5.56 Å². The molecule has 17 heavy (non-hydrogen) atoms. The molecule has 1 rings (SSSR count). The third-order valence-electron chi connectivity index (χ3n) is 2.68. The molecule has 4 heteroatoms. The second-order valence-corrected chi connectivity index (χ2v) is 3.79. The zero-order valence-corrected chi connectivity index (χ0v) is 9.93. The summed E-state index contributed by atoms with van der Waals surface area (Å²) in [5.41, 5.74) is 1.42. The monoisotopic (exact) mass is 236 g/mol. The minimum absolute atomic E-state index is 0.157. The molecule has 2 N–H and O–H groups in total. The number of aryl methyl sites for hydroxylation is 1. The zero-order chi connectivity index (χ0) is 13.0. The van der Waals surface area contributed by atoms with Crippen LogP contribution in [0, 0.1) is 0 Å². The maximum absolute atomic E-state index is 11.7. The van der Waals surface area contributed by atoms with Gasteiger partial charge in [0.05, 0.1) is 0 Å². The van der Waals surface area contributed by atoms with E-state index in [1.165, 1.54) is 6.07 Å². The standard InChI is InChI=1S/C13H16O4/c1-3-8-5-6-9(12(15)13(16)17)10(7-8)11(14)4-2/h5-7,12,15H,3-4H2,1-2H3,(H,16,17). The maximum Gasteiger partial charge on any atom is 0.337 e. The summed E-state index contributed by atoms with van der Waals surface area (Å²) in [4.78, 5) is 22.5. The summed E-state index contributed by atoms with van der Waals surface area (Å²) >= 11 is 0. The van der Waals surface area contributed by atoms with E-state index in [1.54, 1.807) is 19.1 Å². The lowest BCUT2D eigenvalue weighted by atomic mass is 9.95. The summed E-state index contributed by atoms with van der Waals surface area (Å²) in [5, 5.41) is 18.3. The number of rotatable bonds is 5. The summed E-state index contributed by atoms with van der Waals surface area (Å²) in [7, 11) is 0. The quantitative estimate of drug-likeness (QED) is 0.766. The molecule has 1 atom stereocenters. The number of hydrogen-bond donors (Lipinski definition) is 2. The number of ketones is 1. The van der Waals surface area contributed by atoms with Crippen LogP contribution in [0.25, 0.3) is 0 Å². The van der Waals surface area contributed by atoms with Crippen molar-refractivity contribution >= 4 is 11.8 Å². The van der Waals surface area contributed by atoms with E-state index in [0.717, 1.165) is 12.0 Å². The van der Waals surface area contributed by atoms with Gasteiger partial charge in [0.2, 0.25) is 0 Å². The van der Waals surface area contributed by atoms with Crippen LogP contribution in [0.1, 0.15) is 47.9 Å². The second-order valence-electron chi connectivity index (χ2n) is 3.79. The third kappa shape index (κ3) is 2.91. The molecular weight excluding hydrogens is 220 g/mol. The van der Waals surface area contributed by atoms with Crippen LogP contribution >= 0.6 is 0 Å². The molecule has 0 aromatic heterocycles. The highest BCUT2D eigenvalue weighted by Gasteiger charge is 2.22. The van der Waals surface area contributed by atoms with Gasteiger partial charge in [-0.1, -0.05) is 26.0 Å². The van der Waals surface area contributed by atoms with Gasteiger partial charge in [0, 0.05) is 17.5 Å². The first kappa shape index (κ1) is 13.4. The van der Waals surface area contributed by atoms with Crippen LogP contribution in [0.4, 0.5) is 0 Å². The van der Waals surface area contributed by atoms with E-state index in [9.17, 15) is 14.7 Å². The largest absolute Gasteiger partial charge is 0.479 e. The average Bonchev–Trinajstić information content (AvgIpc) is 2.35. The Morgan fingerprint density at radius 1 is 1.29 bits per heavy atom. The van der Waals surface area contributed by atoms with Crippen LogP contribution in [0.2, 0.25) is 0 Å². The van der Waals surface area contributed by atoms with Gasteiger partial charge >= 0.3 is 5.97 Å². The SMILES string of the molecule is CCC(=O)c1cc(CC)ccc1C(O)C(=O)O. The molecule has 0 aliphatic rings. The highest BCUT2D eigenvalue weighted by Crippen LogP contribution is 2.21. The molecule has 0 aliphatic carbocycles. The number of aliphatic hydroxyl groups excluding tert-OH is 1. The van der Waals surface area contributed by atoms with E-state index >= 15 is 0 Å². The summed E-state index contributed by atoms with van der Waals surface area (Å²) in [6, 6.07) is 4.90. The number of benzene rings is 1. The number of carboxylic acids is 1. The Balaban J connectivity index is 3.29. The molecule has 0 fully saturated rings. The highest BCUT2D eigenvalue weighted by molar-refractivity contribution is 5.98. The van der Waals surface area contributed by atoms with Gasteiger partial charge in [-0.3, -0.25) is 4.79 Å². The number of carbonyl (C=O) groups excluding carboxylic acids is 1. The Kier molecular flexibility index (Phi) is 4.40. The van der Waals surface area contributed by atoms with Crippen molar-refractivity contribution < 1.29 is 19.8 Å². The number of carbonyl (C=O) groups is 2. The van der Waals surface area contributed by atoms with Crippen molar-refractivity contribution in [2.45, 2.75) is 32.8 Å². The molecule has 0 saturated heterocycles. The highest BCUT2D eigenvalue weighted by atomic mass is 16.4. The van der Waals surface area contributed by atoms with Crippen molar-refractivity contribution in [3.8, 4) is 0 Å². The smallest absolute Gasteiger partial charge is 0.337 e. The van der Waals surface area contributed by atoms with Gasteiger partial charge in [0.15, 0.2) is 11.9 Å². The van der Waals surface area contributed by atoms with Crippen LogP contribution in [0.5, 0.6) is 0 Å². The normalized spacial score (nSPS) is 12.2.